The number of halogens is 4. The average Bonchev–Trinajstić information content (AvgIpc) is 2.85. The van der Waals surface area contributed by atoms with Crippen LogP contribution in [0.15, 0.2) is 54.6 Å². The van der Waals surface area contributed by atoms with Gasteiger partial charge in [-0.25, -0.2) is 18.3 Å². The third-order valence-corrected chi connectivity index (χ3v) is 6.13. The topological polar surface area (TPSA) is 80.3 Å². The molecule has 3 rings (SSSR count). The molecule has 0 radical (unpaired) electrons. The molecule has 0 bridgehead atoms. The van der Waals surface area contributed by atoms with Crippen molar-refractivity contribution in [1.29, 1.82) is 0 Å². The highest BCUT2D eigenvalue weighted by molar-refractivity contribution is 7.82. The molecule has 11 heteroatoms. The molecule has 2 N–H and O–H groups in total. The molecule has 0 fully saturated rings. The Labute approximate surface area is 215 Å². The summed E-state index contributed by atoms with van der Waals surface area (Å²) in [5.41, 5.74) is 0.536. The van der Waals surface area contributed by atoms with E-state index in [1.165, 1.54) is 24.5 Å². The maximum absolute atomic E-state index is 14.5. The highest BCUT2D eigenvalue weighted by Crippen LogP contribution is 2.32. The Morgan fingerprint density at radius 1 is 1.08 bits per heavy atom. The molecule has 2 aromatic carbocycles. The Bertz CT molecular complexity index is 1280. The van der Waals surface area contributed by atoms with E-state index in [0.717, 1.165) is 6.07 Å². The van der Waals surface area contributed by atoms with Gasteiger partial charge >= 0.3 is 6.18 Å². The summed E-state index contributed by atoms with van der Waals surface area (Å²) in [6.45, 7) is 3.76. The molecule has 1 amide bonds. The van der Waals surface area contributed by atoms with Gasteiger partial charge in [-0.15, -0.1) is 0 Å². The zero-order valence-corrected chi connectivity index (χ0v) is 21.3. The highest BCUT2D eigenvalue weighted by atomic mass is 32.2. The highest BCUT2D eigenvalue weighted by Gasteiger charge is 2.33. The van der Waals surface area contributed by atoms with Crippen molar-refractivity contribution in [3.63, 3.8) is 0 Å². The first-order valence-corrected chi connectivity index (χ1v) is 13.0. The molecule has 3 aromatic rings. The van der Waals surface area contributed by atoms with Crippen molar-refractivity contribution in [2.45, 2.75) is 39.0 Å². The van der Waals surface area contributed by atoms with Gasteiger partial charge < -0.3 is 10.1 Å². The number of aromatic nitrogens is 1. The minimum absolute atomic E-state index is 0.0699. The summed E-state index contributed by atoms with van der Waals surface area (Å²) in [5.74, 6) is -1.23. The van der Waals surface area contributed by atoms with Crippen LogP contribution >= 0.6 is 0 Å². The molecule has 0 aliphatic carbocycles. The van der Waals surface area contributed by atoms with E-state index in [4.69, 9.17) is 4.74 Å². The third-order valence-electron chi connectivity index (χ3n) is 5.58. The number of nitrogens with zero attached hydrogens (tertiary/aromatic N) is 1. The van der Waals surface area contributed by atoms with Crippen molar-refractivity contribution in [1.82, 2.24) is 15.0 Å². The van der Waals surface area contributed by atoms with Gasteiger partial charge in [0, 0.05) is 30.5 Å². The predicted octanol–water partition coefficient (Wildman–Crippen LogP) is 5.11. The smallest absolute Gasteiger partial charge is 0.433 e. The number of benzene rings is 2. The second-order valence-corrected chi connectivity index (χ2v) is 9.43. The molecule has 2 atom stereocenters. The summed E-state index contributed by atoms with van der Waals surface area (Å²) in [5, 5.41) is 2.71. The molecule has 0 aliphatic rings. The van der Waals surface area contributed by atoms with Crippen LogP contribution in [-0.2, 0) is 35.0 Å². The first kappa shape index (κ1) is 28.3. The van der Waals surface area contributed by atoms with E-state index >= 15 is 0 Å². The normalized spacial score (nSPS) is 13.2. The van der Waals surface area contributed by atoms with Crippen LogP contribution < -0.4 is 14.8 Å². The number of carbonyl (C=O) groups is 1. The van der Waals surface area contributed by atoms with E-state index in [1.807, 2.05) is 0 Å². The number of nitrogens with one attached hydrogen (secondary N) is 2. The molecular weight excluding hydrogens is 510 g/mol. The van der Waals surface area contributed by atoms with Crippen LogP contribution in [0.4, 0.5) is 17.6 Å². The van der Waals surface area contributed by atoms with Gasteiger partial charge in [0.15, 0.2) is 0 Å². The molecule has 6 nitrogen and oxygen atoms in total. The molecule has 0 spiro atoms. The fourth-order valence-electron chi connectivity index (χ4n) is 3.58. The number of pyridine rings is 1. The van der Waals surface area contributed by atoms with Crippen molar-refractivity contribution in [2.24, 2.45) is 0 Å². The molecule has 37 heavy (non-hydrogen) atoms. The predicted molar refractivity (Wildman–Crippen MR) is 133 cm³/mol. The van der Waals surface area contributed by atoms with E-state index < -0.39 is 40.5 Å². The lowest BCUT2D eigenvalue weighted by atomic mass is 9.98. The monoisotopic (exact) mass is 537 g/mol. The van der Waals surface area contributed by atoms with Gasteiger partial charge in [-0.2, -0.15) is 13.2 Å². The lowest BCUT2D eigenvalue weighted by Crippen LogP contribution is -2.28. The summed E-state index contributed by atoms with van der Waals surface area (Å²) in [4.78, 5) is 16.7. The van der Waals surface area contributed by atoms with Gasteiger partial charge in [-0.05, 0) is 49.2 Å². The van der Waals surface area contributed by atoms with Gasteiger partial charge in [-0.3, -0.25) is 4.79 Å². The maximum Gasteiger partial charge on any atom is 0.433 e. The van der Waals surface area contributed by atoms with E-state index in [1.54, 1.807) is 44.2 Å². The first-order valence-electron chi connectivity index (χ1n) is 11.4. The lowest BCUT2D eigenvalue weighted by molar-refractivity contribution is -0.141. The molecule has 198 valence electrons. The number of rotatable bonds is 10. The number of amides is 1. The van der Waals surface area contributed by atoms with Crippen LogP contribution in [-0.4, -0.2) is 28.0 Å². The van der Waals surface area contributed by atoms with Gasteiger partial charge in [0.05, 0.1) is 29.2 Å². The summed E-state index contributed by atoms with van der Waals surface area (Å²) in [6.07, 6.45) is -3.20. The molecule has 0 aliphatic heterocycles. The summed E-state index contributed by atoms with van der Waals surface area (Å²) in [6, 6.07) is 13.0. The molecule has 0 saturated heterocycles. The number of hydrogen-bond donors (Lipinski definition) is 2. The molecule has 0 saturated carbocycles. The van der Waals surface area contributed by atoms with Crippen molar-refractivity contribution in [3.05, 3.63) is 82.8 Å². The molecule has 1 aromatic heterocycles. The fraction of sp³-hybridized carbons (Fsp3) is 0.308. The largest absolute Gasteiger partial charge is 0.494 e. The van der Waals surface area contributed by atoms with Crippen molar-refractivity contribution in [3.8, 4) is 17.0 Å². The van der Waals surface area contributed by atoms with E-state index in [0.29, 0.717) is 34.6 Å². The Hall–Kier alpha value is -3.31. The van der Waals surface area contributed by atoms with Gasteiger partial charge in [-0.1, -0.05) is 30.3 Å². The number of hydrogen-bond acceptors (Lipinski definition) is 4. The number of ether oxygens (including phenoxy) is 1. The van der Waals surface area contributed by atoms with Gasteiger partial charge in [0.1, 0.15) is 17.3 Å². The van der Waals surface area contributed by atoms with Crippen LogP contribution in [0.2, 0.25) is 0 Å². The second kappa shape index (κ2) is 12.3. The number of carbonyl (C=O) groups excluding carboxylic acids is 1. The van der Waals surface area contributed by atoms with E-state index in [-0.39, 0.29) is 18.8 Å². The maximum atomic E-state index is 14.5. The third kappa shape index (κ3) is 7.59. The summed E-state index contributed by atoms with van der Waals surface area (Å²) in [7, 11) is -1.30. The Balaban J connectivity index is 1.81. The van der Waals surface area contributed by atoms with E-state index in [2.05, 4.69) is 15.0 Å². The summed E-state index contributed by atoms with van der Waals surface area (Å²) >= 11 is 0. The molecule has 1 heterocycles. The Kier molecular flexibility index (Phi) is 9.39. The SMILES string of the molecule is CCOc1cccc(-c2nc(C(F)(F)F)ccc2CNC(=O)C(C)c2ccc(CNS(C)=O)c(F)c2)c1. The molecule has 2 unspecified atom stereocenters. The summed E-state index contributed by atoms with van der Waals surface area (Å²) < 4.78 is 73.8. The standard InChI is InChI=1S/C26H27F4N3O3S/c1-4-36-21-7-5-6-18(12-21)24-20(10-11-23(33-24)26(28,29)30)14-31-25(34)16(2)17-8-9-19(22(27)13-17)15-32-37(3)35/h5-13,16,32H,4,14-15H2,1-3H3,(H,31,34). The second-order valence-electron chi connectivity index (χ2n) is 8.23. The zero-order chi connectivity index (χ0) is 27.2. The van der Waals surface area contributed by atoms with E-state index in [9.17, 15) is 26.6 Å². The van der Waals surface area contributed by atoms with Gasteiger partial charge in [0.25, 0.3) is 0 Å². The fourth-order valence-corrected chi connectivity index (χ4v) is 3.94. The van der Waals surface area contributed by atoms with Crippen LogP contribution in [0.5, 0.6) is 5.75 Å². The quantitative estimate of drug-likeness (QED) is 0.353. The number of alkyl halides is 3. The lowest BCUT2D eigenvalue weighted by Gasteiger charge is -2.17. The minimum atomic E-state index is -4.64. The van der Waals surface area contributed by atoms with Crippen molar-refractivity contribution < 1.29 is 31.3 Å². The van der Waals surface area contributed by atoms with Crippen LogP contribution in [0.3, 0.4) is 0 Å². The Morgan fingerprint density at radius 2 is 1.81 bits per heavy atom. The minimum Gasteiger partial charge on any atom is -0.494 e. The van der Waals surface area contributed by atoms with Crippen LogP contribution in [0, 0.1) is 5.82 Å². The first-order chi connectivity index (χ1) is 17.5. The van der Waals surface area contributed by atoms with Gasteiger partial charge in [0.2, 0.25) is 5.91 Å². The van der Waals surface area contributed by atoms with Crippen LogP contribution in [0.1, 0.15) is 42.1 Å². The zero-order valence-electron chi connectivity index (χ0n) is 20.5. The molecular formula is C26H27F4N3O3S. The van der Waals surface area contributed by atoms with Crippen LogP contribution in [0.25, 0.3) is 11.3 Å². The van der Waals surface area contributed by atoms with Crippen molar-refractivity contribution >= 4 is 16.9 Å². The average molecular weight is 538 g/mol. The Morgan fingerprint density at radius 3 is 2.46 bits per heavy atom. The van der Waals surface area contributed by atoms with Crippen molar-refractivity contribution in [2.75, 3.05) is 12.9 Å².